The predicted octanol–water partition coefficient (Wildman–Crippen LogP) is -1.09. The maximum Gasteiger partial charge on any atom is 0.246 e. The Morgan fingerprint density at radius 2 is 1.03 bits per heavy atom. The van der Waals surface area contributed by atoms with Gasteiger partial charge >= 0.3 is 0 Å². The molecule has 0 aliphatic heterocycles. The zero-order valence-corrected chi connectivity index (χ0v) is 36.8. The van der Waals surface area contributed by atoms with Crippen LogP contribution in [0.4, 0.5) is 0 Å². The molecule has 20 heteroatoms. The molecule has 0 aromatic rings. The lowest BCUT2D eigenvalue weighted by Gasteiger charge is -2.15. The molecule has 0 saturated heterocycles. The highest BCUT2D eigenvalue weighted by Crippen LogP contribution is 2.11. The quantitative estimate of drug-likeness (QED) is 0.0331. The number of carbonyl (C=O) groups is 7. The van der Waals surface area contributed by atoms with Crippen LogP contribution in [0.15, 0.2) is 0 Å². The van der Waals surface area contributed by atoms with Crippen molar-refractivity contribution < 1.29 is 52.5 Å². The normalized spacial score (nSPS) is 12.3. The number of Topliss-reactive ketones (excluding diaryl/α,β-unsaturated/α-hetero) is 1. The Morgan fingerprint density at radius 3 is 1.55 bits per heavy atom. The fourth-order valence-electron chi connectivity index (χ4n) is 5.40. The average Bonchev–Trinajstić information content (AvgIpc) is 3.20. The molecule has 0 unspecified atom stereocenters. The summed E-state index contributed by atoms with van der Waals surface area (Å²) in [5.74, 6) is -1.72. The molecule has 0 aromatic heterocycles. The first kappa shape index (κ1) is 58.3. The van der Waals surface area contributed by atoms with Gasteiger partial charge in [0.15, 0.2) is 5.78 Å². The summed E-state index contributed by atoms with van der Waals surface area (Å²) >= 11 is 0. The molecule has 0 aromatic carbocycles. The Bertz CT molecular complexity index is 1170. The molecule has 0 bridgehead atoms. The number of ketones is 1. The molecule has 12 N–H and O–H groups in total. The van der Waals surface area contributed by atoms with Gasteiger partial charge in [-0.3, -0.25) is 33.6 Å². The molecule has 60 heavy (non-hydrogen) atoms. The van der Waals surface area contributed by atoms with Crippen molar-refractivity contribution in [1.29, 1.82) is 0 Å². The fraction of sp³-hybridized carbons (Fsp3) is 0.825. The number of hydrogen-bond donors (Lipinski definition) is 9. The average molecular weight is 862 g/mol. The van der Waals surface area contributed by atoms with E-state index in [4.69, 9.17) is 36.1 Å². The molecule has 0 aliphatic rings. The third-order valence-corrected chi connectivity index (χ3v) is 8.99. The fourth-order valence-corrected chi connectivity index (χ4v) is 5.40. The van der Waals surface area contributed by atoms with Crippen LogP contribution in [-0.4, -0.2) is 153 Å². The van der Waals surface area contributed by atoms with E-state index in [-0.39, 0.29) is 119 Å². The minimum atomic E-state index is -0.515. The molecule has 6 amide bonds. The summed E-state index contributed by atoms with van der Waals surface area (Å²) in [5.41, 5.74) is 15.9. The molecular weight excluding hydrogens is 782 g/mol. The number of amides is 6. The topological polar surface area (TPSA) is 307 Å². The molecule has 0 spiro atoms. The molecule has 20 nitrogen and oxygen atoms in total. The summed E-state index contributed by atoms with van der Waals surface area (Å²) in [6.45, 7) is 7.36. The molecule has 0 saturated carbocycles. The van der Waals surface area contributed by atoms with Crippen LogP contribution >= 0.6 is 0 Å². The molecule has 0 fully saturated rings. The second-order valence-electron chi connectivity index (χ2n) is 14.1. The monoisotopic (exact) mass is 862 g/mol. The van der Waals surface area contributed by atoms with Crippen molar-refractivity contribution >= 4 is 41.2 Å². The second-order valence-corrected chi connectivity index (χ2v) is 14.1. The Balaban J connectivity index is 0. The van der Waals surface area contributed by atoms with Gasteiger partial charge < -0.3 is 68.0 Å². The van der Waals surface area contributed by atoms with Crippen molar-refractivity contribution in [2.45, 2.75) is 109 Å². The van der Waals surface area contributed by atoms with Gasteiger partial charge in [0.2, 0.25) is 35.4 Å². The molecule has 0 heterocycles. The summed E-state index contributed by atoms with van der Waals surface area (Å²) in [7, 11) is 3.68. The van der Waals surface area contributed by atoms with Crippen LogP contribution < -0.4 is 49.1 Å². The van der Waals surface area contributed by atoms with Gasteiger partial charge in [-0.25, -0.2) is 0 Å². The summed E-state index contributed by atoms with van der Waals surface area (Å²) < 4.78 is 21.3. The minimum Gasteiger partial charge on any atom is -0.377 e. The van der Waals surface area contributed by atoms with Gasteiger partial charge in [-0.2, -0.15) is 0 Å². The first-order valence-corrected chi connectivity index (χ1v) is 21.3. The van der Waals surface area contributed by atoms with Gasteiger partial charge in [0.1, 0.15) is 13.2 Å². The summed E-state index contributed by atoms with van der Waals surface area (Å²) in [6.07, 6.45) is 8.77. The van der Waals surface area contributed by atoms with E-state index in [2.05, 4.69) is 31.9 Å². The Hall–Kier alpha value is -3.79. The van der Waals surface area contributed by atoms with Crippen molar-refractivity contribution in [3.05, 3.63) is 0 Å². The van der Waals surface area contributed by atoms with Crippen molar-refractivity contribution in [1.82, 2.24) is 31.9 Å². The van der Waals surface area contributed by atoms with Crippen molar-refractivity contribution in [2.75, 3.05) is 99.7 Å². The van der Waals surface area contributed by atoms with Crippen molar-refractivity contribution in [3.63, 3.8) is 0 Å². The lowest BCUT2D eigenvalue weighted by molar-refractivity contribution is -0.127. The number of nitrogens with one attached hydrogen (secondary N) is 6. The smallest absolute Gasteiger partial charge is 0.246 e. The number of nitrogens with two attached hydrogens (primary N) is 3. The zero-order chi connectivity index (χ0) is 45.2. The first-order chi connectivity index (χ1) is 28.8. The van der Waals surface area contributed by atoms with Crippen LogP contribution in [0.5, 0.6) is 0 Å². The van der Waals surface area contributed by atoms with Gasteiger partial charge in [0.05, 0.1) is 51.7 Å². The minimum absolute atomic E-state index is 0.0714. The number of carbonyl (C=O) groups excluding carboxylic acids is 7. The maximum absolute atomic E-state index is 12.1. The number of unbranched alkanes of at least 4 members (excludes halogenated alkanes) is 3. The van der Waals surface area contributed by atoms with Crippen LogP contribution in [0.25, 0.3) is 0 Å². The maximum atomic E-state index is 12.1. The van der Waals surface area contributed by atoms with Crippen LogP contribution in [-0.2, 0) is 52.5 Å². The molecule has 350 valence electrons. The molecule has 0 rings (SSSR count). The Labute approximate surface area is 357 Å². The van der Waals surface area contributed by atoms with Crippen LogP contribution in [0.3, 0.4) is 0 Å². The highest BCUT2D eigenvalue weighted by Gasteiger charge is 2.17. The Morgan fingerprint density at radius 1 is 0.533 bits per heavy atom. The largest absolute Gasteiger partial charge is 0.377 e. The number of primary amides is 2. The lowest BCUT2D eigenvalue weighted by atomic mass is 9.99. The standard InChI is InChI=1S/C32H60N6O10.C8H19N3O/c1-3-26(32(34)44)9-5-7-14-35-30(42)23-47-21-20-46-18-16-37-31(43)24-48-22-19-45-17-15-36-28(40)11-8-12-29(41)38-27(25(2)39)10-4-6-13-33;1-10-6-4-3-5-7(11-2)8(9)12/h26-27H,3-24,33H2,1-2H3,(H2,34,44)(H,35,42)(H,36,40)(H,37,43)(H,38,41);7,10-11H,3-6H2,1-2H3,(H2,9,12)/t26-,27-;7-/m00/s1. The summed E-state index contributed by atoms with van der Waals surface area (Å²) in [6, 6.07) is -0.680. The number of likely N-dealkylation sites (N-methyl/N-ethyl adjacent to an activating group) is 1. The third kappa shape index (κ3) is 38.4. The number of hydrogen-bond acceptors (Lipinski definition) is 14. The zero-order valence-electron chi connectivity index (χ0n) is 36.8. The van der Waals surface area contributed by atoms with E-state index >= 15 is 0 Å². The SMILES string of the molecule is CC[C@@H](CCCCNC(=O)COCCOCCNC(=O)COCCOCCNC(=O)CCCC(=O)N[C@@H](CCCCN)C(C)=O)C(N)=O.CNCCCC[C@H](NC)C(N)=O. The van der Waals surface area contributed by atoms with Crippen LogP contribution in [0, 0.1) is 5.92 Å². The number of rotatable bonds is 40. The van der Waals surface area contributed by atoms with E-state index in [1.54, 1.807) is 7.05 Å². The molecule has 0 aliphatic carbocycles. The van der Waals surface area contributed by atoms with E-state index in [9.17, 15) is 33.6 Å². The molecule has 3 atom stereocenters. The van der Waals surface area contributed by atoms with E-state index in [1.165, 1.54) is 6.92 Å². The van der Waals surface area contributed by atoms with E-state index in [0.717, 1.165) is 64.3 Å². The van der Waals surface area contributed by atoms with E-state index in [1.807, 2.05) is 14.0 Å². The van der Waals surface area contributed by atoms with Gasteiger partial charge in [0, 0.05) is 38.4 Å². The molecular formula is C40H79N9O11. The summed E-state index contributed by atoms with van der Waals surface area (Å²) in [5, 5.41) is 16.8. The third-order valence-electron chi connectivity index (χ3n) is 8.99. The van der Waals surface area contributed by atoms with Gasteiger partial charge in [-0.05, 0) is 91.9 Å². The lowest BCUT2D eigenvalue weighted by Crippen LogP contribution is -2.39. The van der Waals surface area contributed by atoms with Crippen LogP contribution in [0.1, 0.15) is 97.3 Å². The van der Waals surface area contributed by atoms with Gasteiger partial charge in [-0.15, -0.1) is 0 Å². The van der Waals surface area contributed by atoms with Crippen molar-refractivity contribution in [2.24, 2.45) is 23.1 Å². The van der Waals surface area contributed by atoms with E-state index < -0.39 is 6.04 Å². The van der Waals surface area contributed by atoms with Gasteiger partial charge in [-0.1, -0.05) is 19.8 Å². The van der Waals surface area contributed by atoms with Crippen molar-refractivity contribution in [3.8, 4) is 0 Å². The summed E-state index contributed by atoms with van der Waals surface area (Å²) in [4.78, 5) is 81.3. The Kier molecular flexibility index (Phi) is 40.7. The predicted molar refractivity (Wildman–Crippen MR) is 228 cm³/mol. The van der Waals surface area contributed by atoms with E-state index in [0.29, 0.717) is 39.0 Å². The van der Waals surface area contributed by atoms with Crippen LogP contribution in [0.2, 0.25) is 0 Å². The highest BCUT2D eigenvalue weighted by atomic mass is 16.5. The first-order valence-electron chi connectivity index (χ1n) is 21.3. The van der Waals surface area contributed by atoms with Gasteiger partial charge in [0.25, 0.3) is 0 Å². The molecule has 0 radical (unpaired) electrons. The number of ether oxygens (including phenoxy) is 4. The second kappa shape index (κ2) is 41.9. The highest BCUT2D eigenvalue weighted by molar-refractivity contribution is 5.87.